The van der Waals surface area contributed by atoms with Gasteiger partial charge in [-0.2, -0.15) is 8.78 Å². The summed E-state index contributed by atoms with van der Waals surface area (Å²) in [7, 11) is 0. The molecule has 4 aliphatic rings. The van der Waals surface area contributed by atoms with E-state index in [1.54, 1.807) is 6.20 Å². The van der Waals surface area contributed by atoms with Crippen molar-refractivity contribution in [3.8, 4) is 46.0 Å². The minimum atomic E-state index is -3.43. The van der Waals surface area contributed by atoms with E-state index in [1.165, 1.54) is 16.4 Å². The van der Waals surface area contributed by atoms with Gasteiger partial charge in [0.2, 0.25) is 11.8 Å². The fraction of sp³-hybridized carbons (Fsp3) is 0.476. The van der Waals surface area contributed by atoms with Crippen molar-refractivity contribution in [2.45, 2.75) is 90.6 Å². The van der Waals surface area contributed by atoms with Gasteiger partial charge in [-0.25, -0.2) is 9.97 Å². The largest absolute Gasteiger partial charge is 0.343 e. The number of imidazole rings is 2. The number of carbonyl (C=O) groups is 2. The first-order valence-corrected chi connectivity index (χ1v) is 18.7. The highest BCUT2D eigenvalue weighted by Gasteiger charge is 2.66. The van der Waals surface area contributed by atoms with Gasteiger partial charge in [0.05, 0.1) is 36.1 Å². The molecular formula is C42H46F2N6O2. The first-order valence-electron chi connectivity index (χ1n) is 18.7. The summed E-state index contributed by atoms with van der Waals surface area (Å²) >= 11 is 0. The van der Waals surface area contributed by atoms with Gasteiger partial charge >= 0.3 is 5.92 Å². The monoisotopic (exact) mass is 704 g/mol. The zero-order valence-corrected chi connectivity index (χ0v) is 30.4. The molecule has 2 aromatic carbocycles. The van der Waals surface area contributed by atoms with Gasteiger partial charge in [-0.15, -0.1) is 6.42 Å². The van der Waals surface area contributed by atoms with Crippen molar-refractivity contribution in [1.82, 2.24) is 29.7 Å². The predicted octanol–water partition coefficient (Wildman–Crippen LogP) is 7.76. The molecule has 3 aliphatic carbocycles. The maximum Gasteiger partial charge on any atom is 0.325 e. The maximum atomic E-state index is 14.3. The number of terminal acetylenes is 1. The van der Waals surface area contributed by atoms with Crippen molar-refractivity contribution in [2.24, 2.45) is 23.2 Å². The van der Waals surface area contributed by atoms with E-state index in [1.807, 2.05) is 26.0 Å². The molecule has 2 amide bonds. The van der Waals surface area contributed by atoms with Crippen LogP contribution < -0.4 is 0 Å². The van der Waals surface area contributed by atoms with Crippen LogP contribution in [-0.2, 0) is 34.5 Å². The number of nitrogens with one attached hydrogen (secondary N) is 2. The highest BCUT2D eigenvalue weighted by atomic mass is 19.3. The van der Waals surface area contributed by atoms with Gasteiger partial charge in [0.1, 0.15) is 17.2 Å². The number of fused-ring (bicyclic) bond motifs is 4. The summed E-state index contributed by atoms with van der Waals surface area (Å²) in [5, 5.41) is 0. The number of aryl methyl sites for hydroxylation is 2. The molecule has 2 saturated carbocycles. The van der Waals surface area contributed by atoms with Crippen molar-refractivity contribution in [3.63, 3.8) is 0 Å². The van der Waals surface area contributed by atoms with Crippen LogP contribution in [0.5, 0.6) is 0 Å². The number of benzene rings is 2. The molecule has 270 valence electrons. The van der Waals surface area contributed by atoms with E-state index in [2.05, 4.69) is 64.0 Å². The quantitative estimate of drug-likeness (QED) is 0.156. The molecule has 2 aromatic heterocycles. The van der Waals surface area contributed by atoms with Crippen LogP contribution in [0.4, 0.5) is 8.78 Å². The Kier molecular flexibility index (Phi) is 8.20. The number of amides is 2. The summed E-state index contributed by atoms with van der Waals surface area (Å²) in [5.41, 5.74) is 7.52. The molecular weight excluding hydrogens is 658 g/mol. The number of alkyl halides is 2. The number of aromatic nitrogens is 4. The molecule has 8 rings (SSSR count). The molecule has 0 unspecified atom stereocenters. The van der Waals surface area contributed by atoms with Gasteiger partial charge in [-0.3, -0.25) is 9.59 Å². The normalized spacial score (nSPS) is 21.1. The molecule has 0 radical (unpaired) electrons. The summed E-state index contributed by atoms with van der Waals surface area (Å²) in [6.45, 7) is 8.00. The van der Waals surface area contributed by atoms with Gasteiger partial charge in [0, 0.05) is 24.2 Å². The Bertz CT molecular complexity index is 2080. The van der Waals surface area contributed by atoms with Crippen LogP contribution in [0.15, 0.2) is 48.7 Å². The first-order chi connectivity index (χ1) is 24.8. The molecule has 0 spiro atoms. The lowest BCUT2D eigenvalue weighted by molar-refractivity contribution is -0.143. The van der Waals surface area contributed by atoms with Crippen molar-refractivity contribution in [1.29, 1.82) is 0 Å². The predicted molar refractivity (Wildman–Crippen MR) is 196 cm³/mol. The SMILES string of the molecule is C#CC(F)(F)CN(Cc1ncc(-c2ccc(-c3ccc4c(c3)CCc3[nH]c([C@@]56C[C@@H]5CCN6C(=O)CC(C)C)nc3-4)cc2)[nH]1)C(=O)C1(C(C)C)CC1. The highest BCUT2D eigenvalue weighted by molar-refractivity contribution is 5.86. The van der Waals surface area contributed by atoms with Crippen LogP contribution in [0.1, 0.15) is 82.7 Å². The van der Waals surface area contributed by atoms with Crippen LogP contribution >= 0.6 is 0 Å². The fourth-order valence-corrected chi connectivity index (χ4v) is 8.77. The van der Waals surface area contributed by atoms with Crippen LogP contribution in [0, 0.1) is 35.5 Å². The number of hydrogen-bond donors (Lipinski definition) is 2. The molecule has 1 saturated heterocycles. The number of aromatic amines is 2. The Morgan fingerprint density at radius 2 is 1.79 bits per heavy atom. The highest BCUT2D eigenvalue weighted by Crippen LogP contribution is 2.62. The molecule has 2 N–H and O–H groups in total. The molecule has 3 fully saturated rings. The number of rotatable bonds is 11. The standard InChI is InChI=1S/C42H46F2N6O2/c1-6-41(43,44)24-49(39(52)40(16-17-40)26(4)5)23-35-45-22-34(46-35)28-9-7-27(8-10-28)29-11-13-32-30(20-29)12-14-33-37(32)48-38(47-33)42-21-31(42)15-18-50(42)36(51)19-25(2)3/h1,7-11,13,20,22,25-26,31H,12,14-19,21,23-24H2,2-5H3,(H,45,46)(H,47,48)/t31-,42+/m0/s1. The number of nitrogens with zero attached hydrogens (tertiary/aromatic N) is 4. The topological polar surface area (TPSA) is 98.0 Å². The van der Waals surface area contributed by atoms with Crippen LogP contribution in [0.25, 0.3) is 33.6 Å². The summed E-state index contributed by atoms with van der Waals surface area (Å²) in [6, 6.07) is 14.7. The fourth-order valence-electron chi connectivity index (χ4n) is 8.77. The van der Waals surface area contributed by atoms with E-state index >= 15 is 0 Å². The smallest absolute Gasteiger partial charge is 0.325 e. The van der Waals surface area contributed by atoms with Crippen LogP contribution in [0.3, 0.4) is 0 Å². The third-order valence-corrected chi connectivity index (χ3v) is 12.0. The van der Waals surface area contributed by atoms with Gasteiger partial charge in [0.25, 0.3) is 0 Å². The third kappa shape index (κ3) is 5.82. The molecule has 4 aromatic rings. The van der Waals surface area contributed by atoms with Crippen LogP contribution in [-0.4, -0.2) is 60.6 Å². The first kappa shape index (κ1) is 34.3. The second kappa shape index (κ2) is 12.4. The number of hydrogen-bond acceptors (Lipinski definition) is 4. The van der Waals surface area contributed by atoms with Gasteiger partial charge < -0.3 is 19.8 Å². The molecule has 10 heteroatoms. The summed E-state index contributed by atoms with van der Waals surface area (Å²) in [5.74, 6) is 0.299. The molecule has 1 aliphatic heterocycles. The van der Waals surface area contributed by atoms with E-state index in [4.69, 9.17) is 11.4 Å². The Morgan fingerprint density at radius 3 is 2.46 bits per heavy atom. The third-order valence-electron chi connectivity index (χ3n) is 12.0. The maximum absolute atomic E-state index is 14.3. The second-order valence-electron chi connectivity index (χ2n) is 16.2. The zero-order chi connectivity index (χ0) is 36.6. The average molecular weight is 705 g/mol. The molecule has 2 atom stereocenters. The summed E-state index contributed by atoms with van der Waals surface area (Å²) in [4.78, 5) is 46.5. The average Bonchev–Trinajstić information content (AvgIpc) is 3.90. The minimum Gasteiger partial charge on any atom is -0.343 e. The molecule has 8 nitrogen and oxygen atoms in total. The molecule has 0 bridgehead atoms. The Labute approximate surface area is 303 Å². The lowest BCUT2D eigenvalue weighted by Gasteiger charge is -2.30. The number of H-pyrrole nitrogens is 2. The van der Waals surface area contributed by atoms with E-state index in [-0.39, 0.29) is 29.8 Å². The van der Waals surface area contributed by atoms with Crippen molar-refractivity contribution < 1.29 is 18.4 Å². The summed E-state index contributed by atoms with van der Waals surface area (Å²) < 4.78 is 28.7. The summed E-state index contributed by atoms with van der Waals surface area (Å²) in [6.07, 6.45) is 12.5. The number of halogens is 2. The Morgan fingerprint density at radius 1 is 1.06 bits per heavy atom. The van der Waals surface area contributed by atoms with Gasteiger partial charge in [-0.1, -0.05) is 70.2 Å². The Balaban J connectivity index is 0.982. The van der Waals surface area contributed by atoms with Crippen molar-refractivity contribution >= 4 is 11.8 Å². The van der Waals surface area contributed by atoms with Crippen LogP contribution in [0.2, 0.25) is 0 Å². The number of likely N-dealkylation sites (tertiary alicyclic amines) is 1. The second-order valence-corrected chi connectivity index (χ2v) is 16.2. The van der Waals surface area contributed by atoms with E-state index in [0.717, 1.165) is 77.4 Å². The number of piperidine rings is 1. The van der Waals surface area contributed by atoms with Gasteiger partial charge in [-0.05, 0) is 84.5 Å². The minimum absolute atomic E-state index is 0.0454. The molecule has 3 heterocycles. The van der Waals surface area contributed by atoms with Crippen molar-refractivity contribution in [3.05, 3.63) is 71.6 Å². The van der Waals surface area contributed by atoms with Crippen molar-refractivity contribution in [2.75, 3.05) is 13.1 Å². The number of carbonyl (C=O) groups excluding carboxylic acids is 2. The lowest BCUT2D eigenvalue weighted by Crippen LogP contribution is -2.45. The zero-order valence-electron chi connectivity index (χ0n) is 30.4. The molecule has 52 heavy (non-hydrogen) atoms. The lowest BCUT2D eigenvalue weighted by atomic mass is 9.89. The Hall–Kier alpha value is -4.78. The van der Waals surface area contributed by atoms with E-state index in [0.29, 0.717) is 36.9 Å². The van der Waals surface area contributed by atoms with Gasteiger partial charge in [0.15, 0.2) is 0 Å². The van der Waals surface area contributed by atoms with E-state index in [9.17, 15) is 18.4 Å². The van der Waals surface area contributed by atoms with E-state index < -0.39 is 17.9 Å².